The molecule has 0 bridgehead atoms. The highest BCUT2D eigenvalue weighted by atomic mass is 15.2. The zero-order valence-corrected chi connectivity index (χ0v) is 11.0. The standard InChI is InChI=1S/C14H15N5/c1-11-4-3-5-12(8-11)19(2)14-9-13(16-7-6-15)17-10-18-14/h3-5,8-10H,7H2,1-2H3,(H,16,17,18). The fraction of sp³-hybridized carbons (Fsp3) is 0.214. The van der Waals surface area contributed by atoms with Crippen molar-refractivity contribution in [2.24, 2.45) is 0 Å². The minimum Gasteiger partial charge on any atom is -0.357 e. The molecule has 0 aliphatic carbocycles. The molecular weight excluding hydrogens is 238 g/mol. The van der Waals surface area contributed by atoms with Crippen LogP contribution >= 0.6 is 0 Å². The summed E-state index contributed by atoms with van der Waals surface area (Å²) in [7, 11) is 1.95. The van der Waals surface area contributed by atoms with Gasteiger partial charge in [0.2, 0.25) is 0 Å². The molecule has 1 heterocycles. The Labute approximate surface area is 112 Å². The van der Waals surface area contributed by atoms with E-state index in [2.05, 4.69) is 34.3 Å². The first-order valence-corrected chi connectivity index (χ1v) is 5.94. The lowest BCUT2D eigenvalue weighted by atomic mass is 10.2. The number of rotatable bonds is 4. The van der Waals surface area contributed by atoms with Crippen molar-refractivity contribution in [2.75, 3.05) is 23.8 Å². The Morgan fingerprint density at radius 3 is 2.89 bits per heavy atom. The van der Waals surface area contributed by atoms with E-state index in [0.29, 0.717) is 5.82 Å². The van der Waals surface area contributed by atoms with Crippen LogP contribution in [0, 0.1) is 18.3 Å². The Morgan fingerprint density at radius 2 is 2.16 bits per heavy atom. The summed E-state index contributed by atoms with van der Waals surface area (Å²) in [6.45, 7) is 2.28. The highest BCUT2D eigenvalue weighted by Crippen LogP contribution is 2.23. The van der Waals surface area contributed by atoms with Crippen molar-refractivity contribution in [1.29, 1.82) is 5.26 Å². The number of nitrogens with one attached hydrogen (secondary N) is 1. The van der Waals surface area contributed by atoms with Gasteiger partial charge in [0.25, 0.3) is 0 Å². The predicted octanol–water partition coefficient (Wildman–Crippen LogP) is 2.49. The number of hydrogen-bond donors (Lipinski definition) is 1. The van der Waals surface area contributed by atoms with Crippen LogP contribution in [-0.2, 0) is 0 Å². The van der Waals surface area contributed by atoms with E-state index in [1.807, 2.05) is 36.2 Å². The van der Waals surface area contributed by atoms with Gasteiger partial charge < -0.3 is 10.2 Å². The van der Waals surface area contributed by atoms with E-state index in [1.165, 1.54) is 11.9 Å². The molecule has 0 radical (unpaired) electrons. The normalized spacial score (nSPS) is 9.74. The zero-order chi connectivity index (χ0) is 13.7. The molecule has 19 heavy (non-hydrogen) atoms. The molecule has 5 nitrogen and oxygen atoms in total. The molecule has 2 aromatic rings. The summed E-state index contributed by atoms with van der Waals surface area (Å²) in [5, 5.41) is 11.5. The first-order valence-electron chi connectivity index (χ1n) is 5.94. The van der Waals surface area contributed by atoms with Crippen LogP contribution in [0.1, 0.15) is 5.56 Å². The first kappa shape index (κ1) is 12.8. The summed E-state index contributed by atoms with van der Waals surface area (Å²) in [6.07, 6.45) is 1.49. The quantitative estimate of drug-likeness (QED) is 0.848. The maximum Gasteiger partial charge on any atom is 0.138 e. The summed E-state index contributed by atoms with van der Waals surface area (Å²) in [5.74, 6) is 1.42. The lowest BCUT2D eigenvalue weighted by molar-refractivity contribution is 1.07. The topological polar surface area (TPSA) is 64.8 Å². The molecule has 0 saturated carbocycles. The van der Waals surface area contributed by atoms with Gasteiger partial charge in [0.15, 0.2) is 0 Å². The van der Waals surface area contributed by atoms with Crippen molar-refractivity contribution in [3.63, 3.8) is 0 Å². The second kappa shape index (κ2) is 5.83. The second-order valence-electron chi connectivity index (χ2n) is 4.17. The summed E-state index contributed by atoms with van der Waals surface area (Å²) < 4.78 is 0. The number of aryl methyl sites for hydroxylation is 1. The smallest absolute Gasteiger partial charge is 0.138 e. The summed E-state index contributed by atoms with van der Waals surface area (Å²) in [4.78, 5) is 10.3. The highest BCUT2D eigenvalue weighted by molar-refractivity contribution is 5.62. The monoisotopic (exact) mass is 253 g/mol. The van der Waals surface area contributed by atoms with E-state index < -0.39 is 0 Å². The van der Waals surface area contributed by atoms with Gasteiger partial charge in [0.05, 0.1) is 6.07 Å². The Kier molecular flexibility index (Phi) is 3.94. The predicted molar refractivity (Wildman–Crippen MR) is 75.4 cm³/mol. The van der Waals surface area contributed by atoms with Crippen LogP contribution < -0.4 is 10.2 Å². The van der Waals surface area contributed by atoms with E-state index in [4.69, 9.17) is 5.26 Å². The number of nitriles is 1. The van der Waals surface area contributed by atoms with Gasteiger partial charge in [0.1, 0.15) is 24.5 Å². The molecule has 0 amide bonds. The Bertz CT molecular complexity index is 603. The number of anilines is 3. The third kappa shape index (κ3) is 3.19. The van der Waals surface area contributed by atoms with Gasteiger partial charge in [-0.3, -0.25) is 0 Å². The maximum atomic E-state index is 8.55. The summed E-state index contributed by atoms with van der Waals surface area (Å²) in [5.41, 5.74) is 2.26. The van der Waals surface area contributed by atoms with Crippen LogP contribution in [0.4, 0.5) is 17.3 Å². The van der Waals surface area contributed by atoms with Gasteiger partial charge in [-0.15, -0.1) is 0 Å². The molecule has 0 unspecified atom stereocenters. The second-order valence-corrected chi connectivity index (χ2v) is 4.17. The molecule has 0 aliphatic heterocycles. The van der Waals surface area contributed by atoms with Crippen molar-refractivity contribution in [3.05, 3.63) is 42.2 Å². The third-order valence-corrected chi connectivity index (χ3v) is 2.73. The minimum absolute atomic E-state index is 0.227. The van der Waals surface area contributed by atoms with Crippen LogP contribution in [0.3, 0.4) is 0 Å². The Morgan fingerprint density at radius 1 is 1.32 bits per heavy atom. The average Bonchev–Trinajstić information content (AvgIpc) is 2.44. The van der Waals surface area contributed by atoms with Gasteiger partial charge >= 0.3 is 0 Å². The van der Waals surface area contributed by atoms with Crippen molar-refractivity contribution < 1.29 is 0 Å². The zero-order valence-electron chi connectivity index (χ0n) is 11.0. The Balaban J connectivity index is 2.24. The Hall–Kier alpha value is -2.61. The molecule has 96 valence electrons. The van der Waals surface area contributed by atoms with E-state index in [9.17, 15) is 0 Å². The van der Waals surface area contributed by atoms with Crippen LogP contribution in [0.2, 0.25) is 0 Å². The fourth-order valence-electron chi connectivity index (χ4n) is 1.73. The number of hydrogen-bond acceptors (Lipinski definition) is 5. The van der Waals surface area contributed by atoms with Gasteiger partial charge in [-0.05, 0) is 24.6 Å². The van der Waals surface area contributed by atoms with Crippen molar-refractivity contribution >= 4 is 17.3 Å². The van der Waals surface area contributed by atoms with Crippen LogP contribution in [0.15, 0.2) is 36.7 Å². The van der Waals surface area contributed by atoms with Crippen LogP contribution in [-0.4, -0.2) is 23.6 Å². The molecule has 1 N–H and O–H groups in total. The van der Waals surface area contributed by atoms with Crippen molar-refractivity contribution in [1.82, 2.24) is 9.97 Å². The van der Waals surface area contributed by atoms with E-state index in [1.54, 1.807) is 0 Å². The van der Waals surface area contributed by atoms with Crippen LogP contribution in [0.25, 0.3) is 0 Å². The SMILES string of the molecule is Cc1cccc(N(C)c2cc(NCC#N)ncn2)c1. The molecule has 0 saturated heterocycles. The highest BCUT2D eigenvalue weighted by Gasteiger charge is 2.06. The van der Waals surface area contributed by atoms with Gasteiger partial charge in [-0.2, -0.15) is 5.26 Å². The molecule has 0 spiro atoms. The molecule has 0 atom stereocenters. The molecule has 1 aromatic carbocycles. The molecule has 1 aromatic heterocycles. The van der Waals surface area contributed by atoms with E-state index in [-0.39, 0.29) is 6.54 Å². The fourth-order valence-corrected chi connectivity index (χ4v) is 1.73. The number of benzene rings is 1. The minimum atomic E-state index is 0.227. The summed E-state index contributed by atoms with van der Waals surface area (Å²) >= 11 is 0. The van der Waals surface area contributed by atoms with E-state index >= 15 is 0 Å². The van der Waals surface area contributed by atoms with Gasteiger partial charge in [-0.1, -0.05) is 12.1 Å². The van der Waals surface area contributed by atoms with Gasteiger partial charge in [0, 0.05) is 18.8 Å². The average molecular weight is 253 g/mol. The number of aromatic nitrogens is 2. The molecule has 2 rings (SSSR count). The van der Waals surface area contributed by atoms with Gasteiger partial charge in [-0.25, -0.2) is 9.97 Å². The molecular formula is C14H15N5. The van der Waals surface area contributed by atoms with Crippen molar-refractivity contribution in [2.45, 2.75) is 6.92 Å². The first-order chi connectivity index (χ1) is 9.20. The maximum absolute atomic E-state index is 8.55. The lowest BCUT2D eigenvalue weighted by Gasteiger charge is -2.19. The van der Waals surface area contributed by atoms with Crippen molar-refractivity contribution in [3.8, 4) is 6.07 Å². The largest absolute Gasteiger partial charge is 0.357 e. The van der Waals surface area contributed by atoms with Crippen LogP contribution in [0.5, 0.6) is 0 Å². The third-order valence-electron chi connectivity index (χ3n) is 2.73. The lowest BCUT2D eigenvalue weighted by Crippen LogP contribution is -2.12. The summed E-state index contributed by atoms with van der Waals surface area (Å²) in [6, 6.07) is 12.0. The molecule has 5 heteroatoms. The number of nitrogens with zero attached hydrogens (tertiary/aromatic N) is 4. The molecule has 0 fully saturated rings. The van der Waals surface area contributed by atoms with E-state index in [0.717, 1.165) is 11.5 Å². The molecule has 0 aliphatic rings.